The van der Waals surface area contributed by atoms with Gasteiger partial charge in [0.2, 0.25) is 11.8 Å². The summed E-state index contributed by atoms with van der Waals surface area (Å²) in [6.07, 6.45) is 1.21. The van der Waals surface area contributed by atoms with E-state index in [2.05, 4.69) is 10.2 Å². The summed E-state index contributed by atoms with van der Waals surface area (Å²) in [4.78, 5) is 28.6. The van der Waals surface area contributed by atoms with Crippen LogP contribution in [0.4, 0.5) is 5.69 Å². The fourth-order valence-electron chi connectivity index (χ4n) is 3.26. The van der Waals surface area contributed by atoms with Gasteiger partial charge in [-0.1, -0.05) is 41.4 Å². The lowest BCUT2D eigenvalue weighted by atomic mass is 10.1. The van der Waals surface area contributed by atoms with Crippen LogP contribution in [-0.4, -0.2) is 54.3 Å². The lowest BCUT2D eigenvalue weighted by molar-refractivity contribution is -0.133. The summed E-state index contributed by atoms with van der Waals surface area (Å²) >= 11 is 5.89. The van der Waals surface area contributed by atoms with Crippen LogP contribution in [0.1, 0.15) is 17.5 Å². The van der Waals surface area contributed by atoms with E-state index in [4.69, 9.17) is 11.6 Å². The molecule has 1 saturated heterocycles. The Morgan fingerprint density at radius 1 is 0.964 bits per heavy atom. The van der Waals surface area contributed by atoms with E-state index in [-0.39, 0.29) is 11.8 Å². The molecule has 1 aliphatic rings. The number of amides is 2. The fraction of sp³-hybridized carbons (Fsp3) is 0.364. The zero-order valence-electron chi connectivity index (χ0n) is 16.2. The first-order valence-corrected chi connectivity index (χ1v) is 9.98. The lowest BCUT2D eigenvalue weighted by Gasteiger charge is -2.34. The van der Waals surface area contributed by atoms with E-state index in [1.165, 1.54) is 0 Å². The topological polar surface area (TPSA) is 52.7 Å². The second-order valence-electron chi connectivity index (χ2n) is 7.20. The van der Waals surface area contributed by atoms with Crippen molar-refractivity contribution in [2.24, 2.45) is 0 Å². The maximum Gasteiger partial charge on any atom is 0.238 e. The van der Waals surface area contributed by atoms with Gasteiger partial charge in [-0.25, -0.2) is 0 Å². The van der Waals surface area contributed by atoms with Gasteiger partial charge in [0.1, 0.15) is 0 Å². The lowest BCUT2D eigenvalue weighted by Crippen LogP contribution is -2.50. The third kappa shape index (κ3) is 6.08. The van der Waals surface area contributed by atoms with E-state index < -0.39 is 0 Å². The van der Waals surface area contributed by atoms with E-state index in [1.54, 1.807) is 0 Å². The van der Waals surface area contributed by atoms with Crippen LogP contribution < -0.4 is 5.32 Å². The highest BCUT2D eigenvalue weighted by Gasteiger charge is 2.22. The standard InChI is InChI=1S/C22H26ClN3O2/c1-17-2-9-20(10-3-17)24-21(27)16-25-12-14-26(15-13-25)22(28)11-6-18-4-7-19(23)8-5-18/h2-5,7-10H,6,11-16H2,1H3,(H,24,27). The first-order valence-electron chi connectivity index (χ1n) is 9.61. The number of piperazine rings is 1. The van der Waals surface area contributed by atoms with Gasteiger partial charge in [-0.2, -0.15) is 0 Å². The summed E-state index contributed by atoms with van der Waals surface area (Å²) in [5.41, 5.74) is 3.09. The summed E-state index contributed by atoms with van der Waals surface area (Å²) in [5, 5.41) is 3.63. The van der Waals surface area contributed by atoms with Gasteiger partial charge in [0.05, 0.1) is 6.54 Å². The van der Waals surface area contributed by atoms with Crippen molar-refractivity contribution in [2.45, 2.75) is 19.8 Å². The Kier molecular flexibility index (Phi) is 7.06. The molecule has 0 aliphatic carbocycles. The van der Waals surface area contributed by atoms with Gasteiger partial charge in [0, 0.05) is 43.3 Å². The first kappa shape index (κ1) is 20.4. The molecule has 1 fully saturated rings. The molecule has 3 rings (SSSR count). The summed E-state index contributed by atoms with van der Waals surface area (Å²) in [6, 6.07) is 15.4. The Morgan fingerprint density at radius 2 is 1.61 bits per heavy atom. The highest BCUT2D eigenvalue weighted by Crippen LogP contribution is 2.13. The smallest absolute Gasteiger partial charge is 0.238 e. The number of nitrogens with zero attached hydrogens (tertiary/aromatic N) is 2. The second-order valence-corrected chi connectivity index (χ2v) is 7.63. The number of carbonyl (C=O) groups is 2. The average Bonchev–Trinajstić information content (AvgIpc) is 2.69. The number of aryl methyl sites for hydroxylation is 2. The zero-order chi connectivity index (χ0) is 19.9. The number of carbonyl (C=O) groups excluding carboxylic acids is 2. The van der Waals surface area contributed by atoms with Gasteiger partial charge in [0.25, 0.3) is 0 Å². The molecule has 0 unspecified atom stereocenters. The van der Waals surface area contributed by atoms with E-state index in [1.807, 2.05) is 60.4 Å². The van der Waals surface area contributed by atoms with Crippen LogP contribution in [0.3, 0.4) is 0 Å². The zero-order valence-corrected chi connectivity index (χ0v) is 16.9. The largest absolute Gasteiger partial charge is 0.340 e. The molecule has 0 bridgehead atoms. The van der Waals surface area contributed by atoms with Gasteiger partial charge < -0.3 is 10.2 Å². The van der Waals surface area contributed by atoms with Crippen LogP contribution in [0, 0.1) is 6.92 Å². The van der Waals surface area contributed by atoms with E-state index in [9.17, 15) is 9.59 Å². The molecule has 1 N–H and O–H groups in total. The molecule has 0 spiro atoms. The van der Waals surface area contributed by atoms with Crippen molar-refractivity contribution in [2.75, 3.05) is 38.0 Å². The predicted molar refractivity (Wildman–Crippen MR) is 113 cm³/mol. The number of benzene rings is 2. The maximum atomic E-state index is 12.4. The number of hydrogen-bond donors (Lipinski definition) is 1. The summed E-state index contributed by atoms with van der Waals surface area (Å²) in [7, 11) is 0. The average molecular weight is 400 g/mol. The molecular formula is C22H26ClN3O2. The molecule has 0 atom stereocenters. The van der Waals surface area contributed by atoms with E-state index in [0.717, 1.165) is 23.2 Å². The predicted octanol–water partition coefficient (Wildman–Crippen LogP) is 3.36. The molecule has 2 amide bonds. The van der Waals surface area contributed by atoms with Crippen LogP contribution in [0.15, 0.2) is 48.5 Å². The van der Waals surface area contributed by atoms with Crippen molar-refractivity contribution >= 4 is 29.1 Å². The highest BCUT2D eigenvalue weighted by molar-refractivity contribution is 6.30. The number of nitrogens with one attached hydrogen (secondary N) is 1. The monoisotopic (exact) mass is 399 g/mol. The second kappa shape index (κ2) is 9.71. The minimum absolute atomic E-state index is 0.0219. The van der Waals surface area contributed by atoms with Crippen LogP contribution >= 0.6 is 11.6 Å². The minimum atomic E-state index is -0.0219. The molecule has 5 nitrogen and oxygen atoms in total. The Balaban J connectivity index is 1.38. The Labute approximate surface area is 171 Å². The van der Waals surface area contributed by atoms with Crippen LogP contribution in [0.5, 0.6) is 0 Å². The van der Waals surface area contributed by atoms with Crippen molar-refractivity contribution in [3.05, 3.63) is 64.7 Å². The van der Waals surface area contributed by atoms with Crippen molar-refractivity contribution in [3.8, 4) is 0 Å². The summed E-state index contributed by atoms with van der Waals surface area (Å²) in [5.74, 6) is 0.144. The summed E-state index contributed by atoms with van der Waals surface area (Å²) < 4.78 is 0. The quantitative estimate of drug-likeness (QED) is 0.810. The Morgan fingerprint density at radius 3 is 2.25 bits per heavy atom. The van der Waals surface area contributed by atoms with Crippen molar-refractivity contribution < 1.29 is 9.59 Å². The van der Waals surface area contributed by atoms with Crippen LogP contribution in [-0.2, 0) is 16.0 Å². The normalized spacial score (nSPS) is 14.7. The molecule has 2 aromatic carbocycles. The van der Waals surface area contributed by atoms with E-state index in [0.29, 0.717) is 44.2 Å². The molecule has 0 aromatic heterocycles. The van der Waals surface area contributed by atoms with Gasteiger partial charge in [-0.3, -0.25) is 14.5 Å². The number of anilines is 1. The van der Waals surface area contributed by atoms with Crippen molar-refractivity contribution in [1.82, 2.24) is 9.80 Å². The first-order chi connectivity index (χ1) is 13.5. The van der Waals surface area contributed by atoms with Gasteiger partial charge in [-0.15, -0.1) is 0 Å². The SMILES string of the molecule is Cc1ccc(NC(=O)CN2CCN(C(=O)CCc3ccc(Cl)cc3)CC2)cc1. The number of hydrogen-bond acceptors (Lipinski definition) is 3. The molecule has 28 heavy (non-hydrogen) atoms. The Bertz CT molecular complexity index is 798. The van der Waals surface area contributed by atoms with Gasteiger partial charge >= 0.3 is 0 Å². The molecular weight excluding hydrogens is 374 g/mol. The molecule has 0 radical (unpaired) electrons. The van der Waals surface area contributed by atoms with Gasteiger partial charge in [0.15, 0.2) is 0 Å². The number of halogens is 1. The van der Waals surface area contributed by atoms with Crippen LogP contribution in [0.25, 0.3) is 0 Å². The molecule has 1 aliphatic heterocycles. The molecule has 0 saturated carbocycles. The third-order valence-corrected chi connectivity index (χ3v) is 5.22. The summed E-state index contributed by atoms with van der Waals surface area (Å²) in [6.45, 7) is 5.12. The van der Waals surface area contributed by atoms with Crippen LogP contribution in [0.2, 0.25) is 5.02 Å². The molecule has 2 aromatic rings. The molecule has 6 heteroatoms. The Hall–Kier alpha value is -2.37. The molecule has 1 heterocycles. The number of rotatable bonds is 6. The van der Waals surface area contributed by atoms with Crippen molar-refractivity contribution in [3.63, 3.8) is 0 Å². The minimum Gasteiger partial charge on any atom is -0.340 e. The highest BCUT2D eigenvalue weighted by atomic mass is 35.5. The van der Waals surface area contributed by atoms with Gasteiger partial charge in [-0.05, 0) is 43.2 Å². The fourth-order valence-corrected chi connectivity index (χ4v) is 3.38. The van der Waals surface area contributed by atoms with Crippen molar-refractivity contribution in [1.29, 1.82) is 0 Å². The third-order valence-electron chi connectivity index (χ3n) is 4.97. The maximum absolute atomic E-state index is 12.4. The molecule has 148 valence electrons. The van der Waals surface area contributed by atoms with E-state index >= 15 is 0 Å².